The van der Waals surface area contributed by atoms with Crippen molar-refractivity contribution in [2.75, 3.05) is 11.4 Å². The molecule has 1 aliphatic carbocycles. The van der Waals surface area contributed by atoms with Crippen LogP contribution in [-0.2, 0) is 5.41 Å². The highest BCUT2D eigenvalue weighted by atomic mass is 79.9. The summed E-state index contributed by atoms with van der Waals surface area (Å²) < 4.78 is 7.29. The van der Waals surface area contributed by atoms with E-state index >= 15 is 0 Å². The summed E-state index contributed by atoms with van der Waals surface area (Å²) in [6.07, 6.45) is 9.36. The average molecular weight is 568 g/mol. The van der Waals surface area contributed by atoms with Gasteiger partial charge in [0.2, 0.25) is 0 Å². The Morgan fingerprint density at radius 1 is 0.974 bits per heavy atom. The van der Waals surface area contributed by atoms with Gasteiger partial charge in [-0.05, 0) is 83.4 Å². The minimum atomic E-state index is 0.159. The van der Waals surface area contributed by atoms with Crippen molar-refractivity contribution in [3.05, 3.63) is 118 Å². The Morgan fingerprint density at radius 3 is 2.50 bits per heavy atom. The van der Waals surface area contributed by atoms with E-state index < -0.39 is 0 Å². The number of dihydropyridines is 1. The lowest BCUT2D eigenvalue weighted by Crippen LogP contribution is -2.40. The standard InChI is InChI=1S/C34H35BrN2O/c1-22-18-33(36-21-30(22)23-12-14-24(15-13-23)34(2,3)4)37-31-11-6-5-10-28(31)29-17-16-27(20-32(29)37)38-26-9-7-8-25(35)19-26/h6-9,11-20,28,31,36H,5,10,21H2,1-4H3. The molecule has 3 aliphatic rings. The molecule has 6 rings (SSSR count). The number of anilines is 1. The zero-order valence-electron chi connectivity index (χ0n) is 22.6. The van der Waals surface area contributed by atoms with Gasteiger partial charge in [0, 0.05) is 23.0 Å². The van der Waals surface area contributed by atoms with E-state index in [1.807, 2.05) is 24.3 Å². The third kappa shape index (κ3) is 4.71. The Bertz CT molecular complexity index is 1460. The minimum absolute atomic E-state index is 0.159. The number of halogens is 1. The number of fused-ring (bicyclic) bond motifs is 3. The van der Waals surface area contributed by atoms with Gasteiger partial charge in [-0.1, -0.05) is 85.3 Å². The molecule has 0 radical (unpaired) electrons. The van der Waals surface area contributed by atoms with E-state index in [-0.39, 0.29) is 5.41 Å². The van der Waals surface area contributed by atoms with Crippen molar-refractivity contribution >= 4 is 27.2 Å². The molecular weight excluding hydrogens is 532 g/mol. The molecule has 0 aromatic heterocycles. The number of hydrogen-bond donors (Lipinski definition) is 1. The molecular formula is C34H35BrN2O. The zero-order valence-corrected chi connectivity index (χ0v) is 24.2. The monoisotopic (exact) mass is 566 g/mol. The highest BCUT2D eigenvalue weighted by Crippen LogP contribution is 2.49. The summed E-state index contributed by atoms with van der Waals surface area (Å²) in [7, 11) is 0. The van der Waals surface area contributed by atoms with E-state index in [4.69, 9.17) is 4.74 Å². The fraction of sp³-hybridized carbons (Fsp3) is 0.294. The predicted molar refractivity (Wildman–Crippen MR) is 162 cm³/mol. The van der Waals surface area contributed by atoms with E-state index in [0.717, 1.165) is 34.8 Å². The minimum Gasteiger partial charge on any atom is -0.457 e. The second kappa shape index (κ2) is 9.81. The van der Waals surface area contributed by atoms with Crippen LogP contribution < -0.4 is 15.0 Å². The Labute approximate surface area is 235 Å². The number of ether oxygens (including phenoxy) is 1. The van der Waals surface area contributed by atoms with Gasteiger partial charge in [0.25, 0.3) is 0 Å². The van der Waals surface area contributed by atoms with Crippen LogP contribution >= 0.6 is 15.9 Å². The van der Waals surface area contributed by atoms with Gasteiger partial charge in [0.05, 0.1) is 11.7 Å². The Hall–Kier alpha value is -3.24. The lowest BCUT2D eigenvalue weighted by molar-refractivity contribution is 0.482. The second-order valence-corrected chi connectivity index (χ2v) is 12.5. The molecule has 3 aromatic carbocycles. The topological polar surface area (TPSA) is 24.5 Å². The molecule has 0 fully saturated rings. The molecule has 1 N–H and O–H groups in total. The van der Waals surface area contributed by atoms with Crippen LogP contribution in [0, 0.1) is 0 Å². The molecule has 2 aliphatic heterocycles. The zero-order chi connectivity index (χ0) is 26.4. The number of nitrogens with zero attached hydrogens (tertiary/aromatic N) is 1. The Morgan fingerprint density at radius 2 is 1.76 bits per heavy atom. The van der Waals surface area contributed by atoms with Crippen molar-refractivity contribution in [1.82, 2.24) is 5.32 Å². The molecule has 0 amide bonds. The highest BCUT2D eigenvalue weighted by molar-refractivity contribution is 9.10. The molecule has 0 saturated carbocycles. The first kappa shape index (κ1) is 25.1. The van der Waals surface area contributed by atoms with Crippen molar-refractivity contribution in [1.29, 1.82) is 0 Å². The fourth-order valence-corrected chi connectivity index (χ4v) is 6.34. The molecule has 2 atom stereocenters. The van der Waals surface area contributed by atoms with Gasteiger partial charge in [-0.15, -0.1) is 0 Å². The number of hydrogen-bond acceptors (Lipinski definition) is 3. The first-order valence-corrected chi connectivity index (χ1v) is 14.4. The van der Waals surface area contributed by atoms with Crippen LogP contribution in [0.1, 0.15) is 63.1 Å². The van der Waals surface area contributed by atoms with E-state index in [1.54, 1.807) is 0 Å². The van der Waals surface area contributed by atoms with Gasteiger partial charge in [0.15, 0.2) is 0 Å². The summed E-state index contributed by atoms with van der Waals surface area (Å²) >= 11 is 3.55. The molecule has 4 heteroatoms. The van der Waals surface area contributed by atoms with Crippen LogP contribution in [0.4, 0.5) is 5.69 Å². The van der Waals surface area contributed by atoms with Gasteiger partial charge in [0.1, 0.15) is 17.3 Å². The van der Waals surface area contributed by atoms with Crippen LogP contribution in [0.3, 0.4) is 0 Å². The lowest BCUT2D eigenvalue weighted by Gasteiger charge is -2.34. The SMILES string of the molecule is CC1=C(c2ccc(C(C)(C)C)cc2)CNC(N2c3cc(Oc4cccc(Br)c4)ccc3C3CCC=CC32)=C1. The smallest absolute Gasteiger partial charge is 0.129 e. The number of nitrogens with one attached hydrogen (secondary N) is 1. The van der Waals surface area contributed by atoms with Crippen LogP contribution in [0.25, 0.3) is 5.57 Å². The van der Waals surface area contributed by atoms with Crippen molar-refractivity contribution in [3.63, 3.8) is 0 Å². The van der Waals surface area contributed by atoms with Gasteiger partial charge in [-0.25, -0.2) is 0 Å². The Kier molecular flexibility index (Phi) is 6.47. The van der Waals surface area contributed by atoms with E-state index in [1.165, 1.54) is 39.9 Å². The van der Waals surface area contributed by atoms with Crippen molar-refractivity contribution < 1.29 is 4.74 Å². The van der Waals surface area contributed by atoms with Crippen LogP contribution in [0.5, 0.6) is 11.5 Å². The van der Waals surface area contributed by atoms with Gasteiger partial charge in [-0.2, -0.15) is 0 Å². The molecule has 0 saturated heterocycles. The normalized spacial score (nSPS) is 20.6. The first-order valence-electron chi connectivity index (χ1n) is 13.6. The van der Waals surface area contributed by atoms with Crippen LogP contribution in [0.15, 0.2) is 101 Å². The number of allylic oxidation sites excluding steroid dienone is 3. The molecule has 2 heterocycles. The maximum atomic E-state index is 6.28. The summed E-state index contributed by atoms with van der Waals surface area (Å²) in [5, 5.41) is 3.78. The highest BCUT2D eigenvalue weighted by Gasteiger charge is 2.40. The van der Waals surface area contributed by atoms with Crippen LogP contribution in [-0.4, -0.2) is 12.6 Å². The van der Waals surface area contributed by atoms with Gasteiger partial charge >= 0.3 is 0 Å². The first-order chi connectivity index (χ1) is 18.3. The van der Waals surface area contributed by atoms with Crippen molar-refractivity contribution in [2.24, 2.45) is 0 Å². The molecule has 38 heavy (non-hydrogen) atoms. The summed E-state index contributed by atoms with van der Waals surface area (Å²) in [5.41, 5.74) is 8.14. The predicted octanol–water partition coefficient (Wildman–Crippen LogP) is 9.08. The molecule has 2 unspecified atom stereocenters. The van der Waals surface area contributed by atoms with E-state index in [9.17, 15) is 0 Å². The fourth-order valence-electron chi connectivity index (χ4n) is 5.97. The summed E-state index contributed by atoms with van der Waals surface area (Å²) in [4.78, 5) is 2.49. The second-order valence-electron chi connectivity index (χ2n) is 11.6. The maximum absolute atomic E-state index is 6.28. The lowest BCUT2D eigenvalue weighted by atomic mass is 9.85. The molecule has 0 bridgehead atoms. The number of rotatable bonds is 4. The van der Waals surface area contributed by atoms with Gasteiger partial charge < -0.3 is 15.0 Å². The largest absolute Gasteiger partial charge is 0.457 e. The molecule has 194 valence electrons. The van der Waals surface area contributed by atoms with E-state index in [2.05, 4.69) is 115 Å². The van der Waals surface area contributed by atoms with Crippen molar-refractivity contribution in [3.8, 4) is 11.5 Å². The van der Waals surface area contributed by atoms with Gasteiger partial charge in [-0.3, -0.25) is 0 Å². The summed E-state index contributed by atoms with van der Waals surface area (Å²) in [6, 6.07) is 24.0. The summed E-state index contributed by atoms with van der Waals surface area (Å²) in [5.74, 6) is 3.35. The number of benzene rings is 3. The maximum Gasteiger partial charge on any atom is 0.129 e. The third-order valence-electron chi connectivity index (χ3n) is 8.02. The Balaban J connectivity index is 1.35. The van der Waals surface area contributed by atoms with Crippen LogP contribution in [0.2, 0.25) is 0 Å². The molecule has 3 nitrogen and oxygen atoms in total. The summed E-state index contributed by atoms with van der Waals surface area (Å²) in [6.45, 7) is 9.85. The third-order valence-corrected chi connectivity index (χ3v) is 8.51. The quantitative estimate of drug-likeness (QED) is 0.318. The van der Waals surface area contributed by atoms with E-state index in [0.29, 0.717) is 12.0 Å². The molecule has 3 aromatic rings. The average Bonchev–Trinajstić information content (AvgIpc) is 3.22. The van der Waals surface area contributed by atoms with Crippen molar-refractivity contribution in [2.45, 2.75) is 57.9 Å². The molecule has 0 spiro atoms.